The number of H-pyrrole nitrogens is 1. The lowest BCUT2D eigenvalue weighted by Crippen LogP contribution is -2.30. The average molecular weight is 426 g/mol. The van der Waals surface area contributed by atoms with Gasteiger partial charge in [-0.3, -0.25) is 14.1 Å². The Hall–Kier alpha value is -2.21. The first kappa shape index (κ1) is 20.1. The van der Waals surface area contributed by atoms with Gasteiger partial charge in [0.15, 0.2) is 16.9 Å². The molecule has 1 fully saturated rings. The summed E-state index contributed by atoms with van der Waals surface area (Å²) in [5, 5.41) is 20.7. The molecule has 2 aliphatic rings. The average Bonchev–Trinajstić information content (AvgIpc) is 3.32. The molecule has 2 aliphatic carbocycles. The number of imidazole rings is 1. The monoisotopic (exact) mass is 426 g/mol. The Morgan fingerprint density at radius 2 is 2.00 bits per heavy atom. The number of phosphoric acid groups is 1. The van der Waals surface area contributed by atoms with Crippen LogP contribution in [-0.2, 0) is 13.9 Å². The van der Waals surface area contributed by atoms with Crippen LogP contribution in [-0.4, -0.2) is 64.1 Å². The summed E-state index contributed by atoms with van der Waals surface area (Å²) in [5.74, 6) is -0.556. The van der Waals surface area contributed by atoms with Gasteiger partial charge in [0, 0.05) is 12.3 Å². The van der Waals surface area contributed by atoms with Crippen molar-refractivity contribution in [1.82, 2.24) is 19.5 Å². The number of aromatic amines is 1. The minimum atomic E-state index is -4.72. The maximum absolute atomic E-state index is 12.4. The van der Waals surface area contributed by atoms with Crippen LogP contribution in [0.5, 0.6) is 0 Å². The molecular weight excluding hydrogens is 407 g/mol. The van der Waals surface area contributed by atoms with Crippen LogP contribution < -0.4 is 5.56 Å². The second kappa shape index (κ2) is 7.24. The van der Waals surface area contributed by atoms with Crippen LogP contribution in [0.3, 0.4) is 0 Å². The predicted molar refractivity (Wildman–Crippen MR) is 97.5 cm³/mol. The zero-order valence-corrected chi connectivity index (χ0v) is 15.9. The fourth-order valence-electron chi connectivity index (χ4n) is 3.84. The molecule has 0 bridgehead atoms. The van der Waals surface area contributed by atoms with Crippen molar-refractivity contribution >= 4 is 30.3 Å². The number of allylic oxidation sites excluding steroid dienone is 2. The minimum Gasteiger partial charge on any atom is -0.390 e. The van der Waals surface area contributed by atoms with E-state index < -0.39 is 44.2 Å². The number of nitrogens with zero attached hydrogens (tertiary/aromatic N) is 3. The van der Waals surface area contributed by atoms with Crippen molar-refractivity contribution in [2.24, 2.45) is 5.92 Å². The summed E-state index contributed by atoms with van der Waals surface area (Å²) < 4.78 is 16.8. The normalized spacial score (nSPS) is 27.7. The number of fused-ring (bicyclic) bond motifs is 1. The number of carbonyl (C=O) groups is 1. The zero-order chi connectivity index (χ0) is 20.9. The van der Waals surface area contributed by atoms with Gasteiger partial charge >= 0.3 is 7.82 Å². The highest BCUT2D eigenvalue weighted by Gasteiger charge is 2.44. The van der Waals surface area contributed by atoms with Gasteiger partial charge in [0.1, 0.15) is 11.9 Å². The van der Waals surface area contributed by atoms with Gasteiger partial charge in [0.05, 0.1) is 25.1 Å². The maximum atomic E-state index is 12.4. The van der Waals surface area contributed by atoms with Crippen LogP contribution in [0.25, 0.3) is 16.7 Å². The quantitative estimate of drug-likeness (QED) is 0.381. The summed E-state index contributed by atoms with van der Waals surface area (Å²) in [7, 11) is -4.72. The fourth-order valence-corrected chi connectivity index (χ4v) is 4.22. The molecule has 4 rings (SSSR count). The smallest absolute Gasteiger partial charge is 0.390 e. The van der Waals surface area contributed by atoms with Crippen LogP contribution in [0.15, 0.2) is 17.2 Å². The Kier molecular flexibility index (Phi) is 5.01. The lowest BCUT2D eigenvalue weighted by Gasteiger charge is -2.18. The molecule has 1 saturated carbocycles. The summed E-state index contributed by atoms with van der Waals surface area (Å²) in [4.78, 5) is 52.6. The Bertz CT molecular complexity index is 1100. The second-order valence-corrected chi connectivity index (χ2v) is 8.44. The standard InChI is InChI=1S/C16H19N4O8P/c21-9-2-1-7(3-9)14-18-15-11(16(24)19-14)17-6-20(15)10-4-8(12(22)13(10)23)5-28-29(25,26)27/h3,6,8,10,12-13,22-23H,1-2,4-5H2,(H,18,19,24)(H2,25,26,27)/t8-,10-,12-,13+/m1/s1. The summed E-state index contributed by atoms with van der Waals surface area (Å²) in [6.45, 7) is -0.445. The number of phosphoric ester groups is 1. The molecule has 0 saturated heterocycles. The number of ketones is 1. The van der Waals surface area contributed by atoms with Crippen molar-refractivity contribution in [2.45, 2.75) is 37.5 Å². The van der Waals surface area contributed by atoms with Gasteiger partial charge in [0.2, 0.25) is 0 Å². The first-order chi connectivity index (χ1) is 13.6. The Labute approximate surface area is 163 Å². The lowest BCUT2D eigenvalue weighted by atomic mass is 10.1. The first-order valence-corrected chi connectivity index (χ1v) is 10.4. The van der Waals surface area contributed by atoms with Crippen molar-refractivity contribution < 1.29 is 33.9 Å². The van der Waals surface area contributed by atoms with Crippen LogP contribution in [0.1, 0.15) is 31.1 Å². The van der Waals surface area contributed by atoms with Gasteiger partial charge in [-0.15, -0.1) is 0 Å². The molecule has 0 amide bonds. The van der Waals surface area contributed by atoms with Crippen LogP contribution in [0, 0.1) is 5.92 Å². The van der Waals surface area contributed by atoms with Gasteiger partial charge < -0.3 is 29.6 Å². The first-order valence-electron chi connectivity index (χ1n) is 8.91. The molecule has 0 unspecified atom stereocenters. The van der Waals surface area contributed by atoms with Crippen molar-refractivity contribution in [3.8, 4) is 0 Å². The summed E-state index contributed by atoms with van der Waals surface area (Å²) in [6.07, 6.45) is 1.08. The van der Waals surface area contributed by atoms with E-state index in [1.54, 1.807) is 0 Å². The molecule has 2 aromatic heterocycles. The van der Waals surface area contributed by atoms with Crippen molar-refractivity contribution in [3.05, 3.63) is 28.6 Å². The minimum absolute atomic E-state index is 0.0373. The van der Waals surface area contributed by atoms with Crippen LogP contribution in [0.4, 0.5) is 0 Å². The summed E-state index contributed by atoms with van der Waals surface area (Å²) in [5.41, 5.74) is 0.312. The SMILES string of the molecule is O=C1C=C(c2nc3c(ncn3[C@@H]3C[C@H](COP(=O)(O)O)[C@@H](O)[C@H]3O)c(=O)[nH]2)CC1. The molecule has 0 aliphatic heterocycles. The number of aliphatic hydroxyl groups is 2. The molecule has 2 heterocycles. The zero-order valence-electron chi connectivity index (χ0n) is 15.0. The van der Waals surface area contributed by atoms with Crippen molar-refractivity contribution in [1.29, 1.82) is 0 Å². The highest BCUT2D eigenvalue weighted by Crippen LogP contribution is 2.41. The molecule has 2 aromatic rings. The fraction of sp³-hybridized carbons (Fsp3) is 0.500. The van der Waals surface area contributed by atoms with Gasteiger partial charge in [0.25, 0.3) is 5.56 Å². The number of aliphatic hydroxyl groups excluding tert-OH is 2. The van der Waals surface area contributed by atoms with Gasteiger partial charge in [-0.2, -0.15) is 0 Å². The van der Waals surface area contributed by atoms with Gasteiger partial charge in [-0.05, 0) is 24.5 Å². The van der Waals surface area contributed by atoms with E-state index in [2.05, 4.69) is 19.5 Å². The Morgan fingerprint density at radius 1 is 1.24 bits per heavy atom. The Morgan fingerprint density at radius 3 is 2.66 bits per heavy atom. The third-order valence-electron chi connectivity index (χ3n) is 5.30. The summed E-state index contributed by atoms with van der Waals surface area (Å²) >= 11 is 0. The highest BCUT2D eigenvalue weighted by molar-refractivity contribution is 7.46. The number of hydrogen-bond donors (Lipinski definition) is 5. The third-order valence-corrected chi connectivity index (χ3v) is 5.78. The number of carbonyl (C=O) groups excluding carboxylic acids is 1. The number of aromatic nitrogens is 4. The summed E-state index contributed by atoms with van der Waals surface area (Å²) in [6, 6.07) is -0.735. The molecular formula is C16H19N4O8P. The molecule has 13 heteroatoms. The number of hydrogen-bond acceptors (Lipinski definition) is 8. The van der Waals surface area contributed by atoms with Gasteiger partial charge in [-0.25, -0.2) is 14.5 Å². The molecule has 12 nitrogen and oxygen atoms in total. The molecule has 156 valence electrons. The number of rotatable bonds is 5. The lowest BCUT2D eigenvalue weighted by molar-refractivity contribution is -0.114. The van der Waals surface area contributed by atoms with E-state index >= 15 is 0 Å². The van der Waals surface area contributed by atoms with E-state index in [0.29, 0.717) is 18.4 Å². The largest absolute Gasteiger partial charge is 0.469 e. The molecule has 4 atom stereocenters. The van der Waals surface area contributed by atoms with Gasteiger partial charge in [-0.1, -0.05) is 0 Å². The van der Waals surface area contributed by atoms with E-state index in [1.165, 1.54) is 17.0 Å². The van der Waals surface area contributed by atoms with E-state index in [4.69, 9.17) is 9.79 Å². The van der Waals surface area contributed by atoms with E-state index in [0.717, 1.165) is 0 Å². The molecule has 0 spiro atoms. The van der Waals surface area contributed by atoms with Crippen LogP contribution in [0.2, 0.25) is 0 Å². The van der Waals surface area contributed by atoms with E-state index in [1.807, 2.05) is 0 Å². The molecule has 5 N–H and O–H groups in total. The van der Waals surface area contributed by atoms with Crippen LogP contribution >= 0.6 is 7.82 Å². The molecule has 29 heavy (non-hydrogen) atoms. The highest BCUT2D eigenvalue weighted by atomic mass is 31.2. The van der Waals surface area contributed by atoms with Crippen molar-refractivity contribution in [2.75, 3.05) is 6.61 Å². The Balaban J connectivity index is 1.68. The maximum Gasteiger partial charge on any atom is 0.469 e. The predicted octanol–water partition coefficient (Wildman–Crippen LogP) is -0.742. The number of nitrogens with one attached hydrogen (secondary N) is 1. The molecule has 0 radical (unpaired) electrons. The topological polar surface area (TPSA) is 188 Å². The van der Waals surface area contributed by atoms with E-state index in [-0.39, 0.29) is 29.2 Å². The molecule has 0 aromatic carbocycles. The third kappa shape index (κ3) is 3.82. The van der Waals surface area contributed by atoms with Crippen molar-refractivity contribution in [3.63, 3.8) is 0 Å². The second-order valence-electron chi connectivity index (χ2n) is 7.21. The van der Waals surface area contributed by atoms with E-state index in [9.17, 15) is 24.4 Å².